The molecule has 15 heteroatoms. The molecule has 4 aliphatic heterocycles. The second kappa shape index (κ2) is 11.2. The number of carbonyl (C=O) groups excluding carboxylic acids is 5. The standard InChI is InChI=1S/C25H29IN4O7S2.ClH/c1-24(2)15(29-18(32)12(26)20(29)38-24)22(34)36-10-37-23(35)16-25(3,4)39-21-14(19(33)30(16)21)28-17(31)13(27)11-8-6-5-7-9-11;/h5-9,12-16,20-21H,10,27H2,1-4H3,(H,28,31);1H/t12-,13?,14?,15+,16+,20-,21-;/m1./s1. The molecule has 40 heavy (non-hydrogen) atoms. The number of halogens is 2. The zero-order chi connectivity index (χ0) is 28.4. The quantitative estimate of drug-likeness (QED) is 0.140. The lowest BCUT2D eigenvalue weighted by atomic mass is 9.95. The Labute approximate surface area is 259 Å². The number of fused-ring (bicyclic) bond motifs is 2. The Morgan fingerprint density at radius 3 is 2.00 bits per heavy atom. The number of amides is 3. The highest BCUT2D eigenvalue weighted by molar-refractivity contribution is 14.1. The summed E-state index contributed by atoms with van der Waals surface area (Å²) in [6.45, 7) is 6.74. The number of hydrogen-bond acceptors (Lipinski definition) is 10. The van der Waals surface area contributed by atoms with Gasteiger partial charge in [0.05, 0.1) is 0 Å². The van der Waals surface area contributed by atoms with Crippen molar-refractivity contribution < 1.29 is 33.4 Å². The zero-order valence-electron chi connectivity index (χ0n) is 22.1. The number of rotatable bonds is 7. The van der Waals surface area contributed by atoms with E-state index in [1.807, 2.05) is 33.8 Å². The molecular weight excluding hydrogens is 695 g/mol. The molecule has 11 nitrogen and oxygen atoms in total. The molecule has 4 aliphatic rings. The van der Waals surface area contributed by atoms with Crippen LogP contribution in [0.4, 0.5) is 0 Å². The summed E-state index contributed by atoms with van der Waals surface area (Å²) in [6.07, 6.45) is 0. The number of benzene rings is 1. The maximum atomic E-state index is 13.1. The minimum atomic E-state index is -0.936. The minimum absolute atomic E-state index is 0. The van der Waals surface area contributed by atoms with Gasteiger partial charge in [-0.05, 0) is 33.3 Å². The van der Waals surface area contributed by atoms with Gasteiger partial charge in [0.2, 0.25) is 24.5 Å². The second-order valence-electron chi connectivity index (χ2n) is 10.8. The van der Waals surface area contributed by atoms with Crippen LogP contribution < -0.4 is 11.1 Å². The molecule has 218 valence electrons. The number of esters is 2. The monoisotopic (exact) mass is 724 g/mol. The van der Waals surface area contributed by atoms with Crippen molar-refractivity contribution in [1.29, 1.82) is 0 Å². The first-order chi connectivity index (χ1) is 18.3. The summed E-state index contributed by atoms with van der Waals surface area (Å²) in [4.78, 5) is 66.9. The number of β-lactam (4-membered cyclic amide) rings is 2. The molecule has 0 aliphatic carbocycles. The molecule has 3 N–H and O–H groups in total. The molecule has 4 fully saturated rings. The predicted octanol–water partition coefficient (Wildman–Crippen LogP) is 1.57. The summed E-state index contributed by atoms with van der Waals surface area (Å²) in [6, 6.07) is 5.36. The van der Waals surface area contributed by atoms with Crippen molar-refractivity contribution in [3.63, 3.8) is 0 Å². The first kappa shape index (κ1) is 31.2. The first-order valence-corrected chi connectivity index (χ1v) is 15.3. The van der Waals surface area contributed by atoms with E-state index in [-0.39, 0.29) is 27.6 Å². The van der Waals surface area contributed by atoms with E-state index in [1.165, 1.54) is 21.6 Å². The van der Waals surface area contributed by atoms with E-state index < -0.39 is 69.6 Å². The van der Waals surface area contributed by atoms with Gasteiger partial charge in [0, 0.05) is 9.49 Å². The lowest BCUT2D eigenvalue weighted by Gasteiger charge is -2.44. The fraction of sp³-hybridized carbons (Fsp3) is 0.560. The first-order valence-electron chi connectivity index (χ1n) is 12.3. The maximum absolute atomic E-state index is 13.1. The van der Waals surface area contributed by atoms with Crippen molar-refractivity contribution in [2.75, 3.05) is 6.79 Å². The lowest BCUT2D eigenvalue weighted by Crippen LogP contribution is -2.71. The number of ether oxygens (including phenoxy) is 2. The van der Waals surface area contributed by atoms with Crippen LogP contribution in [0.1, 0.15) is 39.3 Å². The SMILES string of the molecule is CC1(C)S[C@@H]2C(NC(=O)C(N)c3ccccc3)C(=O)N2[C@H]1C(=O)OCOC(=O)[C@@H]1N2C(=O)[C@@H](I)[C@H]2SC1(C)C.Cl. The van der Waals surface area contributed by atoms with Crippen LogP contribution in [0.2, 0.25) is 0 Å². The van der Waals surface area contributed by atoms with Crippen LogP contribution in [-0.2, 0) is 33.4 Å². The van der Waals surface area contributed by atoms with Crippen LogP contribution in [-0.4, -0.2) is 88.5 Å². The van der Waals surface area contributed by atoms with E-state index >= 15 is 0 Å². The third kappa shape index (κ3) is 5.07. The summed E-state index contributed by atoms with van der Waals surface area (Å²) >= 11 is 5.00. The summed E-state index contributed by atoms with van der Waals surface area (Å²) < 4.78 is 9.11. The number of thioether (sulfide) groups is 2. The van der Waals surface area contributed by atoms with Crippen LogP contribution in [0.3, 0.4) is 0 Å². The van der Waals surface area contributed by atoms with Gasteiger partial charge in [0.1, 0.15) is 38.8 Å². The predicted molar refractivity (Wildman–Crippen MR) is 160 cm³/mol. The highest BCUT2D eigenvalue weighted by atomic mass is 127. The fourth-order valence-electron chi connectivity index (χ4n) is 5.43. The van der Waals surface area contributed by atoms with E-state index in [4.69, 9.17) is 15.2 Å². The van der Waals surface area contributed by atoms with E-state index in [9.17, 15) is 24.0 Å². The van der Waals surface area contributed by atoms with Gasteiger partial charge in [-0.3, -0.25) is 14.4 Å². The molecule has 0 bridgehead atoms. The Morgan fingerprint density at radius 2 is 1.45 bits per heavy atom. The zero-order valence-corrected chi connectivity index (χ0v) is 26.7. The van der Waals surface area contributed by atoms with Crippen molar-refractivity contribution in [2.45, 2.75) is 76.0 Å². The van der Waals surface area contributed by atoms with Crippen molar-refractivity contribution in [3.05, 3.63) is 35.9 Å². The van der Waals surface area contributed by atoms with Gasteiger partial charge in [-0.1, -0.05) is 52.9 Å². The Kier molecular flexibility index (Phi) is 8.70. The van der Waals surface area contributed by atoms with E-state index in [2.05, 4.69) is 27.9 Å². The fourth-order valence-corrected chi connectivity index (χ4v) is 9.70. The van der Waals surface area contributed by atoms with Gasteiger partial charge in [0.25, 0.3) is 0 Å². The lowest BCUT2D eigenvalue weighted by molar-refractivity contribution is -0.181. The van der Waals surface area contributed by atoms with Gasteiger partial charge in [-0.15, -0.1) is 35.9 Å². The smallest absolute Gasteiger partial charge is 0.333 e. The molecule has 1 aromatic rings. The second-order valence-corrected chi connectivity index (χ2v) is 15.7. The van der Waals surface area contributed by atoms with Crippen molar-refractivity contribution in [2.24, 2.45) is 5.73 Å². The average molecular weight is 725 g/mol. The van der Waals surface area contributed by atoms with Crippen LogP contribution in [0.25, 0.3) is 0 Å². The van der Waals surface area contributed by atoms with Crippen molar-refractivity contribution in [1.82, 2.24) is 15.1 Å². The molecular formula is C25H30ClIN4O7S2. The highest BCUT2D eigenvalue weighted by Crippen LogP contribution is 2.53. The number of hydrogen-bond donors (Lipinski definition) is 2. The Hall–Kier alpha value is -1.75. The number of nitrogens with zero attached hydrogens (tertiary/aromatic N) is 2. The van der Waals surface area contributed by atoms with E-state index in [0.29, 0.717) is 5.56 Å². The summed E-state index contributed by atoms with van der Waals surface area (Å²) in [5, 5.41) is 2.16. The van der Waals surface area contributed by atoms with Crippen LogP contribution in [0, 0.1) is 0 Å². The number of nitrogens with two attached hydrogens (primary N) is 1. The average Bonchev–Trinajstić information content (AvgIpc) is 3.31. The van der Waals surface area contributed by atoms with Gasteiger partial charge in [-0.2, -0.15) is 0 Å². The van der Waals surface area contributed by atoms with Crippen molar-refractivity contribution >= 4 is 88.2 Å². The molecule has 2 unspecified atom stereocenters. The Morgan fingerprint density at radius 1 is 0.950 bits per heavy atom. The Bertz CT molecular complexity index is 1240. The van der Waals surface area contributed by atoms with Gasteiger partial charge >= 0.3 is 11.9 Å². The molecule has 4 heterocycles. The highest BCUT2D eigenvalue weighted by Gasteiger charge is 2.65. The topological polar surface area (TPSA) is 148 Å². The molecule has 5 rings (SSSR count). The normalized spacial score (nSPS) is 31.6. The van der Waals surface area contributed by atoms with E-state index in [0.717, 1.165) is 0 Å². The number of carbonyl (C=O) groups is 5. The largest absolute Gasteiger partial charge is 0.426 e. The molecule has 0 spiro atoms. The minimum Gasteiger partial charge on any atom is -0.426 e. The van der Waals surface area contributed by atoms with Crippen LogP contribution >= 0.6 is 58.5 Å². The summed E-state index contributed by atoms with van der Waals surface area (Å²) in [7, 11) is 0. The molecule has 0 radical (unpaired) electrons. The van der Waals surface area contributed by atoms with Crippen LogP contribution in [0.15, 0.2) is 30.3 Å². The van der Waals surface area contributed by atoms with Gasteiger partial charge in [0.15, 0.2) is 0 Å². The van der Waals surface area contributed by atoms with Gasteiger partial charge < -0.3 is 30.3 Å². The molecule has 7 atom stereocenters. The molecule has 0 aromatic heterocycles. The van der Waals surface area contributed by atoms with Crippen LogP contribution in [0.5, 0.6) is 0 Å². The molecule has 4 saturated heterocycles. The van der Waals surface area contributed by atoms with Crippen molar-refractivity contribution in [3.8, 4) is 0 Å². The number of nitrogens with one attached hydrogen (secondary N) is 1. The third-order valence-corrected chi connectivity index (χ3v) is 12.2. The van der Waals surface area contributed by atoms with E-state index in [1.54, 1.807) is 36.0 Å². The summed E-state index contributed by atoms with van der Waals surface area (Å²) in [5.41, 5.74) is 6.69. The molecule has 1 aromatic carbocycles. The Balaban J connectivity index is 0.00000370. The third-order valence-electron chi connectivity index (χ3n) is 7.40. The summed E-state index contributed by atoms with van der Waals surface area (Å²) in [5.74, 6) is -2.37. The van der Waals surface area contributed by atoms with Gasteiger partial charge in [-0.25, -0.2) is 9.59 Å². The molecule has 3 amide bonds. The molecule has 0 saturated carbocycles. The maximum Gasteiger partial charge on any atom is 0.333 e. The number of alkyl halides is 1.